The van der Waals surface area contributed by atoms with E-state index in [2.05, 4.69) is 28.7 Å². The lowest BCUT2D eigenvalue weighted by atomic mass is 9.98. The average Bonchev–Trinajstić information content (AvgIpc) is 3.14. The van der Waals surface area contributed by atoms with Gasteiger partial charge in [0, 0.05) is 16.8 Å². The van der Waals surface area contributed by atoms with Crippen LogP contribution < -0.4 is 5.32 Å². The molecule has 1 N–H and O–H groups in total. The van der Waals surface area contributed by atoms with Crippen molar-refractivity contribution in [3.63, 3.8) is 0 Å². The van der Waals surface area contributed by atoms with Crippen molar-refractivity contribution in [1.82, 2.24) is 15.2 Å². The number of hydrogen-bond acceptors (Lipinski definition) is 4. The maximum Gasteiger partial charge on any atom is 0.318 e. The number of thiophene rings is 1. The predicted octanol–water partition coefficient (Wildman–Crippen LogP) is 4.29. The lowest BCUT2D eigenvalue weighted by molar-refractivity contribution is 0.165. The molecule has 0 saturated heterocycles. The first-order valence-corrected chi connectivity index (χ1v) is 9.41. The van der Waals surface area contributed by atoms with Gasteiger partial charge in [0.05, 0.1) is 22.8 Å². The van der Waals surface area contributed by atoms with Gasteiger partial charge in [-0.15, -0.1) is 22.7 Å². The van der Waals surface area contributed by atoms with Crippen LogP contribution in [0.2, 0.25) is 0 Å². The van der Waals surface area contributed by atoms with E-state index in [4.69, 9.17) is 0 Å². The van der Waals surface area contributed by atoms with E-state index in [1.54, 1.807) is 22.7 Å². The van der Waals surface area contributed by atoms with Crippen LogP contribution in [0.25, 0.3) is 0 Å². The van der Waals surface area contributed by atoms with E-state index < -0.39 is 0 Å². The van der Waals surface area contributed by atoms with Crippen molar-refractivity contribution in [2.45, 2.75) is 45.7 Å². The number of hydrogen-bond donors (Lipinski definition) is 1. The van der Waals surface area contributed by atoms with E-state index in [1.807, 2.05) is 24.1 Å². The Morgan fingerprint density at radius 3 is 3.05 bits per heavy atom. The Labute approximate surface area is 139 Å². The van der Waals surface area contributed by atoms with Gasteiger partial charge in [0.25, 0.3) is 0 Å². The molecule has 0 spiro atoms. The molecule has 0 radical (unpaired) electrons. The van der Waals surface area contributed by atoms with E-state index in [-0.39, 0.29) is 18.1 Å². The van der Waals surface area contributed by atoms with Crippen LogP contribution >= 0.6 is 22.7 Å². The minimum absolute atomic E-state index is 0.0156. The van der Waals surface area contributed by atoms with Gasteiger partial charge in [0.1, 0.15) is 0 Å². The number of aromatic nitrogens is 1. The Balaban J connectivity index is 1.72. The Morgan fingerprint density at radius 1 is 1.55 bits per heavy atom. The Bertz CT molecular complexity index is 664. The van der Waals surface area contributed by atoms with E-state index in [9.17, 15) is 4.79 Å². The lowest BCUT2D eigenvalue weighted by Gasteiger charge is -2.36. The van der Waals surface area contributed by atoms with E-state index in [1.165, 1.54) is 10.4 Å². The SMILES string of the molecule is CC[C@H]1c2ccsc2CCN1C(=O)N[C@@H](C)c1csc(C)n1. The summed E-state index contributed by atoms with van der Waals surface area (Å²) in [7, 11) is 0. The van der Waals surface area contributed by atoms with E-state index in [0.29, 0.717) is 0 Å². The van der Waals surface area contributed by atoms with Crippen LogP contribution in [0.4, 0.5) is 4.79 Å². The third-order valence-electron chi connectivity index (χ3n) is 4.16. The summed E-state index contributed by atoms with van der Waals surface area (Å²) in [4.78, 5) is 20.6. The lowest BCUT2D eigenvalue weighted by Crippen LogP contribution is -2.45. The predicted molar refractivity (Wildman–Crippen MR) is 91.6 cm³/mol. The average molecular weight is 335 g/mol. The van der Waals surface area contributed by atoms with Crippen molar-refractivity contribution in [2.24, 2.45) is 0 Å². The van der Waals surface area contributed by atoms with Gasteiger partial charge in [-0.1, -0.05) is 6.92 Å². The second-order valence-electron chi connectivity index (χ2n) is 5.63. The van der Waals surface area contributed by atoms with Crippen LogP contribution in [-0.4, -0.2) is 22.5 Å². The molecule has 0 fully saturated rings. The highest BCUT2D eigenvalue weighted by Gasteiger charge is 2.31. The zero-order valence-electron chi connectivity index (χ0n) is 13.1. The molecule has 0 saturated carbocycles. The number of carbonyl (C=O) groups excluding carboxylic acids is 1. The number of aryl methyl sites for hydroxylation is 1. The van der Waals surface area contributed by atoms with Gasteiger partial charge in [0.2, 0.25) is 0 Å². The van der Waals surface area contributed by atoms with Crippen LogP contribution in [0.15, 0.2) is 16.8 Å². The van der Waals surface area contributed by atoms with Gasteiger partial charge in [-0.25, -0.2) is 9.78 Å². The van der Waals surface area contributed by atoms with Crippen molar-refractivity contribution >= 4 is 28.7 Å². The Kier molecular flexibility index (Phi) is 4.49. The molecule has 0 aliphatic carbocycles. The summed E-state index contributed by atoms with van der Waals surface area (Å²) in [6, 6.07) is 2.32. The van der Waals surface area contributed by atoms with Crippen LogP contribution in [0.1, 0.15) is 53.5 Å². The van der Waals surface area contributed by atoms with Crippen molar-refractivity contribution in [3.8, 4) is 0 Å². The molecule has 1 aliphatic heterocycles. The van der Waals surface area contributed by atoms with Crippen LogP contribution in [0.3, 0.4) is 0 Å². The number of urea groups is 1. The maximum absolute atomic E-state index is 12.7. The fourth-order valence-corrected chi connectivity index (χ4v) is 4.64. The highest BCUT2D eigenvalue weighted by molar-refractivity contribution is 7.10. The first-order chi connectivity index (χ1) is 10.6. The number of carbonyl (C=O) groups is 1. The highest BCUT2D eigenvalue weighted by Crippen LogP contribution is 2.35. The molecular formula is C16H21N3OS2. The molecular weight excluding hydrogens is 314 g/mol. The molecule has 2 amide bonds. The third kappa shape index (κ3) is 2.90. The summed E-state index contributed by atoms with van der Waals surface area (Å²) in [5, 5.41) is 8.28. The number of rotatable bonds is 3. The van der Waals surface area contributed by atoms with Crippen molar-refractivity contribution in [3.05, 3.63) is 38.0 Å². The monoisotopic (exact) mass is 335 g/mol. The van der Waals surface area contributed by atoms with Crippen molar-refractivity contribution in [2.75, 3.05) is 6.54 Å². The minimum atomic E-state index is -0.0566. The van der Waals surface area contributed by atoms with Gasteiger partial charge >= 0.3 is 6.03 Å². The zero-order chi connectivity index (χ0) is 15.7. The number of amides is 2. The Hall–Kier alpha value is -1.40. The molecule has 118 valence electrons. The standard InChI is InChI=1S/C16H21N3OS2/c1-4-14-12-6-8-21-15(12)5-7-19(14)16(20)17-10(2)13-9-22-11(3)18-13/h6,8-10,14H,4-5,7H2,1-3H3,(H,17,20)/t10-,14-/m0/s1. The Morgan fingerprint density at radius 2 is 2.36 bits per heavy atom. The minimum Gasteiger partial charge on any atom is -0.330 e. The fraction of sp³-hybridized carbons (Fsp3) is 0.500. The summed E-state index contributed by atoms with van der Waals surface area (Å²) >= 11 is 3.42. The van der Waals surface area contributed by atoms with Gasteiger partial charge < -0.3 is 10.2 Å². The second kappa shape index (κ2) is 6.38. The first kappa shape index (κ1) is 15.5. The number of thiazole rings is 1. The largest absolute Gasteiger partial charge is 0.330 e. The number of fused-ring (bicyclic) bond motifs is 1. The quantitative estimate of drug-likeness (QED) is 0.909. The summed E-state index contributed by atoms with van der Waals surface area (Å²) in [5.41, 5.74) is 2.27. The first-order valence-electron chi connectivity index (χ1n) is 7.65. The fourth-order valence-electron chi connectivity index (χ4n) is 3.00. The molecule has 3 rings (SSSR count). The molecule has 0 bridgehead atoms. The van der Waals surface area contributed by atoms with Gasteiger partial charge in [-0.2, -0.15) is 0 Å². The molecule has 0 unspecified atom stereocenters. The molecule has 2 aromatic heterocycles. The van der Waals surface area contributed by atoms with E-state index in [0.717, 1.165) is 30.1 Å². The number of nitrogens with zero attached hydrogens (tertiary/aromatic N) is 2. The summed E-state index contributed by atoms with van der Waals surface area (Å²) in [6.07, 6.45) is 1.91. The van der Waals surface area contributed by atoms with Crippen LogP contribution in [-0.2, 0) is 6.42 Å². The van der Waals surface area contributed by atoms with Gasteiger partial charge in [-0.3, -0.25) is 0 Å². The smallest absolute Gasteiger partial charge is 0.318 e. The molecule has 1 aliphatic rings. The topological polar surface area (TPSA) is 45.2 Å². The van der Waals surface area contributed by atoms with Crippen molar-refractivity contribution < 1.29 is 4.79 Å². The summed E-state index contributed by atoms with van der Waals surface area (Å²) in [5.74, 6) is 0. The van der Waals surface area contributed by atoms with Gasteiger partial charge in [-0.05, 0) is 43.7 Å². The molecule has 0 aromatic carbocycles. The number of nitrogens with one attached hydrogen (secondary N) is 1. The molecule has 22 heavy (non-hydrogen) atoms. The molecule has 2 aromatic rings. The summed E-state index contributed by atoms with van der Waals surface area (Å²) in [6.45, 7) is 6.91. The zero-order valence-corrected chi connectivity index (χ0v) is 14.8. The molecule has 6 heteroatoms. The molecule has 4 nitrogen and oxygen atoms in total. The van der Waals surface area contributed by atoms with Crippen LogP contribution in [0, 0.1) is 6.92 Å². The van der Waals surface area contributed by atoms with Crippen molar-refractivity contribution in [1.29, 1.82) is 0 Å². The van der Waals surface area contributed by atoms with Crippen LogP contribution in [0.5, 0.6) is 0 Å². The van der Waals surface area contributed by atoms with Gasteiger partial charge in [0.15, 0.2) is 0 Å². The third-order valence-corrected chi connectivity index (χ3v) is 5.95. The highest BCUT2D eigenvalue weighted by atomic mass is 32.1. The molecule has 2 atom stereocenters. The normalized spacial score (nSPS) is 18.9. The summed E-state index contributed by atoms with van der Waals surface area (Å²) < 4.78 is 0. The second-order valence-corrected chi connectivity index (χ2v) is 7.69. The van der Waals surface area contributed by atoms with E-state index >= 15 is 0 Å². The maximum atomic E-state index is 12.7. The molecule has 3 heterocycles.